The lowest BCUT2D eigenvalue weighted by molar-refractivity contribution is -0.124. The molecule has 2 amide bonds. The summed E-state index contributed by atoms with van der Waals surface area (Å²) in [5.41, 5.74) is 1.30. The van der Waals surface area contributed by atoms with Crippen molar-refractivity contribution in [3.05, 3.63) is 64.7 Å². The monoisotopic (exact) mass is 402 g/mol. The van der Waals surface area contributed by atoms with Gasteiger partial charge >= 0.3 is 0 Å². The van der Waals surface area contributed by atoms with Gasteiger partial charge in [-0.3, -0.25) is 9.59 Å². The first kappa shape index (κ1) is 21.8. The summed E-state index contributed by atoms with van der Waals surface area (Å²) in [7, 11) is 0. The third-order valence-corrected chi connectivity index (χ3v) is 4.74. The van der Waals surface area contributed by atoms with E-state index >= 15 is 0 Å². The van der Waals surface area contributed by atoms with Crippen LogP contribution in [0.3, 0.4) is 0 Å². The Hall–Kier alpha value is -2.53. The van der Waals surface area contributed by atoms with Gasteiger partial charge in [0.25, 0.3) is 5.91 Å². The topological polar surface area (TPSA) is 67.4 Å². The van der Waals surface area contributed by atoms with Crippen LogP contribution in [0.5, 0.6) is 5.75 Å². The second-order valence-corrected chi connectivity index (χ2v) is 7.31. The van der Waals surface area contributed by atoms with E-state index in [9.17, 15) is 9.59 Å². The summed E-state index contributed by atoms with van der Waals surface area (Å²) < 4.78 is 5.39. The van der Waals surface area contributed by atoms with Crippen molar-refractivity contribution in [2.75, 3.05) is 6.61 Å². The number of ether oxygens (including phenoxy) is 1. The number of nitrogens with one attached hydrogen (secondary N) is 2. The molecular weight excluding hydrogens is 376 g/mol. The highest BCUT2D eigenvalue weighted by molar-refractivity contribution is 6.31. The van der Waals surface area contributed by atoms with E-state index in [0.29, 0.717) is 22.9 Å². The molecule has 0 saturated carbocycles. The quantitative estimate of drug-likeness (QED) is 0.688. The second-order valence-electron chi connectivity index (χ2n) is 6.90. The van der Waals surface area contributed by atoms with Crippen molar-refractivity contribution in [1.29, 1.82) is 0 Å². The fourth-order valence-corrected chi connectivity index (χ4v) is 3.14. The molecule has 0 fully saturated rings. The molecule has 2 aromatic carbocycles. The molecule has 6 heteroatoms. The largest absolute Gasteiger partial charge is 0.494 e. The Bertz CT molecular complexity index is 806. The molecule has 0 aliphatic carbocycles. The Morgan fingerprint density at radius 1 is 1.00 bits per heavy atom. The molecule has 0 aliphatic heterocycles. The number of amides is 2. The normalized spacial score (nSPS) is 12.9. The van der Waals surface area contributed by atoms with Crippen molar-refractivity contribution < 1.29 is 14.3 Å². The molecule has 0 spiro atoms. The van der Waals surface area contributed by atoms with Gasteiger partial charge in [0.15, 0.2) is 0 Å². The van der Waals surface area contributed by atoms with Gasteiger partial charge in [-0.05, 0) is 55.7 Å². The number of benzene rings is 2. The molecule has 1 unspecified atom stereocenters. The molecule has 2 aromatic rings. The van der Waals surface area contributed by atoms with E-state index in [1.54, 1.807) is 30.3 Å². The van der Waals surface area contributed by atoms with Gasteiger partial charge in [-0.2, -0.15) is 0 Å². The van der Waals surface area contributed by atoms with Crippen LogP contribution in [-0.4, -0.2) is 24.5 Å². The molecule has 0 radical (unpaired) electrons. The number of carbonyl (C=O) groups excluding carboxylic acids is 2. The molecule has 150 valence electrons. The van der Waals surface area contributed by atoms with Gasteiger partial charge in [0, 0.05) is 10.6 Å². The zero-order valence-electron chi connectivity index (χ0n) is 16.7. The summed E-state index contributed by atoms with van der Waals surface area (Å²) in [6.45, 7) is 8.11. The van der Waals surface area contributed by atoms with Crippen LogP contribution in [0.1, 0.15) is 49.7 Å². The van der Waals surface area contributed by atoms with Gasteiger partial charge < -0.3 is 15.4 Å². The SMILES string of the molecule is CCOc1ccc(C(=O)N[C@H](C(=O)NC(C)c2ccccc2Cl)C(C)C)cc1. The van der Waals surface area contributed by atoms with Crippen molar-refractivity contribution >= 4 is 23.4 Å². The van der Waals surface area contributed by atoms with Gasteiger partial charge in [-0.15, -0.1) is 0 Å². The highest BCUT2D eigenvalue weighted by Crippen LogP contribution is 2.22. The highest BCUT2D eigenvalue weighted by Gasteiger charge is 2.26. The minimum absolute atomic E-state index is 0.0786. The number of hydrogen-bond donors (Lipinski definition) is 2. The summed E-state index contributed by atoms with van der Waals surface area (Å²) in [6.07, 6.45) is 0. The lowest BCUT2D eigenvalue weighted by Gasteiger charge is -2.24. The van der Waals surface area contributed by atoms with Gasteiger partial charge in [0.1, 0.15) is 11.8 Å². The van der Waals surface area contributed by atoms with Crippen LogP contribution < -0.4 is 15.4 Å². The van der Waals surface area contributed by atoms with E-state index in [4.69, 9.17) is 16.3 Å². The fraction of sp³-hybridized carbons (Fsp3) is 0.364. The molecule has 0 bridgehead atoms. The van der Waals surface area contributed by atoms with Crippen LogP contribution in [0.25, 0.3) is 0 Å². The third-order valence-electron chi connectivity index (χ3n) is 4.39. The van der Waals surface area contributed by atoms with Crippen LogP contribution >= 0.6 is 11.6 Å². The molecular formula is C22H27ClN2O3. The van der Waals surface area contributed by atoms with Gasteiger partial charge in [-0.25, -0.2) is 0 Å². The molecule has 28 heavy (non-hydrogen) atoms. The van der Waals surface area contributed by atoms with E-state index in [1.165, 1.54) is 0 Å². The van der Waals surface area contributed by atoms with Crippen molar-refractivity contribution in [3.8, 4) is 5.75 Å². The maximum absolute atomic E-state index is 12.8. The number of rotatable bonds is 8. The van der Waals surface area contributed by atoms with E-state index in [-0.39, 0.29) is 23.8 Å². The summed E-state index contributed by atoms with van der Waals surface area (Å²) >= 11 is 6.21. The van der Waals surface area contributed by atoms with Crippen molar-refractivity contribution in [2.45, 2.75) is 39.8 Å². The lowest BCUT2D eigenvalue weighted by atomic mass is 10.0. The average Bonchev–Trinajstić information content (AvgIpc) is 2.66. The summed E-state index contributed by atoms with van der Waals surface area (Å²) in [5.74, 6) is 0.0693. The van der Waals surface area contributed by atoms with E-state index in [1.807, 2.05) is 45.9 Å². The van der Waals surface area contributed by atoms with E-state index in [2.05, 4.69) is 10.6 Å². The Morgan fingerprint density at radius 3 is 2.21 bits per heavy atom. The Morgan fingerprint density at radius 2 is 1.64 bits per heavy atom. The summed E-state index contributed by atoms with van der Waals surface area (Å²) in [6, 6.07) is 13.3. The predicted octanol–water partition coefficient (Wildman–Crippen LogP) is 4.37. The smallest absolute Gasteiger partial charge is 0.251 e. The summed E-state index contributed by atoms with van der Waals surface area (Å²) in [4.78, 5) is 25.4. The van der Waals surface area contributed by atoms with Crippen molar-refractivity contribution in [1.82, 2.24) is 10.6 Å². The minimum atomic E-state index is -0.663. The first-order valence-electron chi connectivity index (χ1n) is 9.42. The maximum atomic E-state index is 12.8. The van der Waals surface area contributed by atoms with Crippen molar-refractivity contribution in [2.24, 2.45) is 5.92 Å². The summed E-state index contributed by atoms with van der Waals surface area (Å²) in [5, 5.41) is 6.37. The molecule has 5 nitrogen and oxygen atoms in total. The van der Waals surface area contributed by atoms with Crippen molar-refractivity contribution in [3.63, 3.8) is 0 Å². The van der Waals surface area contributed by atoms with Crippen LogP contribution in [0.4, 0.5) is 0 Å². The minimum Gasteiger partial charge on any atom is -0.494 e. The first-order chi connectivity index (χ1) is 13.3. The standard InChI is InChI=1S/C22H27ClN2O3/c1-5-28-17-12-10-16(11-13-17)21(26)25-20(14(2)3)22(27)24-15(4)18-8-6-7-9-19(18)23/h6-15,20H,5H2,1-4H3,(H,24,27)(H,25,26)/t15?,20-/m0/s1. The number of carbonyl (C=O) groups is 2. The second kappa shape index (κ2) is 10.1. The molecule has 0 heterocycles. The van der Waals surface area contributed by atoms with Gasteiger partial charge in [0.2, 0.25) is 5.91 Å². The average molecular weight is 403 g/mol. The maximum Gasteiger partial charge on any atom is 0.251 e. The van der Waals surface area contributed by atoms with Gasteiger partial charge in [0.05, 0.1) is 12.6 Å². The van der Waals surface area contributed by atoms with Crippen LogP contribution in [-0.2, 0) is 4.79 Å². The number of halogens is 1. The first-order valence-corrected chi connectivity index (χ1v) is 9.79. The molecule has 0 aromatic heterocycles. The molecule has 2 N–H and O–H groups in total. The lowest BCUT2D eigenvalue weighted by Crippen LogP contribution is -2.50. The van der Waals surface area contributed by atoms with E-state index < -0.39 is 6.04 Å². The zero-order chi connectivity index (χ0) is 20.7. The Balaban J connectivity index is 2.06. The predicted molar refractivity (Wildman–Crippen MR) is 112 cm³/mol. The number of hydrogen-bond acceptors (Lipinski definition) is 3. The molecule has 2 rings (SSSR count). The zero-order valence-corrected chi connectivity index (χ0v) is 17.4. The molecule has 0 saturated heterocycles. The molecule has 0 aliphatic rings. The third kappa shape index (κ3) is 5.73. The van der Waals surface area contributed by atoms with Gasteiger partial charge in [-0.1, -0.05) is 43.6 Å². The van der Waals surface area contributed by atoms with E-state index in [0.717, 1.165) is 5.56 Å². The Labute approximate surface area is 171 Å². The van der Waals surface area contributed by atoms with Crippen LogP contribution in [0.15, 0.2) is 48.5 Å². The molecule has 2 atom stereocenters. The fourth-order valence-electron chi connectivity index (χ4n) is 2.84. The van der Waals surface area contributed by atoms with Crippen LogP contribution in [0, 0.1) is 5.92 Å². The Kier molecular flexibility index (Phi) is 7.88. The van der Waals surface area contributed by atoms with Crippen LogP contribution in [0.2, 0.25) is 5.02 Å². The highest BCUT2D eigenvalue weighted by atomic mass is 35.5.